The van der Waals surface area contributed by atoms with Gasteiger partial charge in [-0.1, -0.05) is 18.2 Å². The second kappa shape index (κ2) is 4.66. The highest BCUT2D eigenvalue weighted by Gasteiger charge is 2.40. The molecule has 5 nitrogen and oxygen atoms in total. The Morgan fingerprint density at radius 3 is 2.59 bits per heavy atom. The number of benzene rings is 1. The Kier molecular flexibility index (Phi) is 2.75. The van der Waals surface area contributed by atoms with Crippen molar-refractivity contribution in [1.82, 2.24) is 10.0 Å². The first-order valence-electron chi connectivity index (χ1n) is 6.59. The first-order chi connectivity index (χ1) is 10.7. The van der Waals surface area contributed by atoms with Gasteiger partial charge in [-0.05, 0) is 28.5 Å². The molecule has 1 aliphatic heterocycles. The standard InChI is InChI=1S/C16H10N2O3S/c19-15-13(9-5-6-22-8-9)14(16(20)18(15)21)11-7-17-12-4-2-1-3-10(11)12/h1-8,17,21H. The number of thiophene rings is 1. The summed E-state index contributed by atoms with van der Waals surface area (Å²) in [4.78, 5) is 27.7. The molecule has 2 aromatic heterocycles. The van der Waals surface area contributed by atoms with E-state index >= 15 is 0 Å². The number of aromatic nitrogens is 1. The molecule has 6 heteroatoms. The van der Waals surface area contributed by atoms with E-state index in [1.807, 2.05) is 29.6 Å². The van der Waals surface area contributed by atoms with Crippen LogP contribution in [0.3, 0.4) is 0 Å². The maximum atomic E-state index is 12.4. The number of nitrogens with one attached hydrogen (secondary N) is 1. The molecule has 1 aromatic carbocycles. The number of carbonyl (C=O) groups excluding carboxylic acids is 2. The Hall–Kier alpha value is -2.70. The first kappa shape index (κ1) is 13.0. The lowest BCUT2D eigenvalue weighted by Gasteiger charge is -2.03. The number of rotatable bonds is 2. The predicted octanol–water partition coefficient (Wildman–Crippen LogP) is 2.90. The maximum Gasteiger partial charge on any atom is 0.286 e. The van der Waals surface area contributed by atoms with Crippen molar-refractivity contribution in [2.24, 2.45) is 0 Å². The van der Waals surface area contributed by atoms with Gasteiger partial charge in [0.25, 0.3) is 11.8 Å². The number of H-pyrrole nitrogens is 1. The Bertz CT molecular complexity index is 937. The molecule has 1 aliphatic rings. The van der Waals surface area contributed by atoms with Crippen molar-refractivity contribution in [3.63, 3.8) is 0 Å². The van der Waals surface area contributed by atoms with E-state index in [1.54, 1.807) is 17.6 Å². The fourth-order valence-electron chi connectivity index (χ4n) is 2.72. The minimum atomic E-state index is -0.698. The van der Waals surface area contributed by atoms with Crippen molar-refractivity contribution in [2.45, 2.75) is 0 Å². The van der Waals surface area contributed by atoms with Gasteiger partial charge < -0.3 is 4.98 Å². The zero-order valence-corrected chi connectivity index (χ0v) is 12.1. The molecular formula is C16H10N2O3S. The van der Waals surface area contributed by atoms with Gasteiger partial charge in [0.1, 0.15) is 0 Å². The highest BCUT2D eigenvalue weighted by molar-refractivity contribution is 7.08. The van der Waals surface area contributed by atoms with Crippen molar-refractivity contribution in [3.05, 3.63) is 58.4 Å². The van der Waals surface area contributed by atoms with Crippen molar-refractivity contribution < 1.29 is 14.8 Å². The van der Waals surface area contributed by atoms with Crippen LogP contribution in [0.4, 0.5) is 0 Å². The topological polar surface area (TPSA) is 73.4 Å². The number of hydrogen-bond acceptors (Lipinski definition) is 4. The Morgan fingerprint density at radius 2 is 1.82 bits per heavy atom. The van der Waals surface area contributed by atoms with Gasteiger partial charge in [0.05, 0.1) is 11.1 Å². The van der Waals surface area contributed by atoms with Crippen LogP contribution in [0, 0.1) is 0 Å². The lowest BCUT2D eigenvalue weighted by atomic mass is 9.97. The molecule has 0 saturated heterocycles. The molecule has 2 N–H and O–H groups in total. The normalized spacial score (nSPS) is 15.4. The first-order valence-corrected chi connectivity index (χ1v) is 7.54. The average molecular weight is 310 g/mol. The van der Waals surface area contributed by atoms with Crippen LogP contribution in [0.1, 0.15) is 11.1 Å². The number of fused-ring (bicyclic) bond motifs is 1. The molecule has 0 spiro atoms. The molecule has 0 saturated carbocycles. The minimum absolute atomic E-state index is 0.185. The van der Waals surface area contributed by atoms with Crippen LogP contribution in [-0.4, -0.2) is 27.1 Å². The summed E-state index contributed by atoms with van der Waals surface area (Å²) in [5.74, 6) is -1.39. The summed E-state index contributed by atoms with van der Waals surface area (Å²) >= 11 is 1.43. The van der Waals surface area contributed by atoms with Crippen molar-refractivity contribution >= 4 is 45.2 Å². The van der Waals surface area contributed by atoms with Gasteiger partial charge in [-0.25, -0.2) is 0 Å². The second-order valence-corrected chi connectivity index (χ2v) is 5.71. The van der Waals surface area contributed by atoms with Crippen LogP contribution in [0.5, 0.6) is 0 Å². The Labute approximate surface area is 129 Å². The summed E-state index contributed by atoms with van der Waals surface area (Å²) in [5, 5.41) is 14.4. The number of amides is 2. The third-order valence-electron chi connectivity index (χ3n) is 3.73. The number of nitrogens with zero attached hydrogens (tertiary/aromatic N) is 1. The maximum absolute atomic E-state index is 12.4. The van der Waals surface area contributed by atoms with E-state index in [9.17, 15) is 14.8 Å². The lowest BCUT2D eigenvalue weighted by Crippen LogP contribution is -2.27. The third-order valence-corrected chi connectivity index (χ3v) is 4.41. The van der Waals surface area contributed by atoms with Gasteiger partial charge in [0.15, 0.2) is 0 Å². The minimum Gasteiger partial charge on any atom is -0.361 e. The number of hydroxylamine groups is 2. The van der Waals surface area contributed by atoms with Gasteiger partial charge in [-0.15, -0.1) is 5.06 Å². The van der Waals surface area contributed by atoms with Crippen LogP contribution in [0.25, 0.3) is 22.0 Å². The van der Waals surface area contributed by atoms with E-state index in [0.29, 0.717) is 11.1 Å². The van der Waals surface area contributed by atoms with E-state index < -0.39 is 11.8 Å². The number of hydrogen-bond donors (Lipinski definition) is 2. The molecule has 3 aromatic rings. The number of para-hydroxylation sites is 1. The Balaban J connectivity index is 2.04. The molecule has 3 heterocycles. The van der Waals surface area contributed by atoms with Crippen LogP contribution >= 0.6 is 11.3 Å². The predicted molar refractivity (Wildman–Crippen MR) is 83.1 cm³/mol. The molecule has 22 heavy (non-hydrogen) atoms. The van der Waals surface area contributed by atoms with Crippen LogP contribution in [0.2, 0.25) is 0 Å². The summed E-state index contributed by atoms with van der Waals surface area (Å²) in [6, 6.07) is 9.28. The molecule has 0 fully saturated rings. The molecule has 108 valence electrons. The zero-order chi connectivity index (χ0) is 15.3. The second-order valence-electron chi connectivity index (χ2n) is 4.93. The lowest BCUT2D eigenvalue weighted by molar-refractivity contribution is -0.168. The van der Waals surface area contributed by atoms with Gasteiger partial charge in [-0.2, -0.15) is 11.3 Å². The summed E-state index contributed by atoms with van der Waals surface area (Å²) in [6.07, 6.45) is 1.69. The van der Waals surface area contributed by atoms with E-state index in [1.165, 1.54) is 11.3 Å². The largest absolute Gasteiger partial charge is 0.361 e. The van der Waals surface area contributed by atoms with E-state index in [2.05, 4.69) is 4.98 Å². The van der Waals surface area contributed by atoms with Crippen molar-refractivity contribution in [3.8, 4) is 0 Å². The zero-order valence-electron chi connectivity index (χ0n) is 11.2. The molecule has 4 rings (SSSR count). The van der Waals surface area contributed by atoms with E-state index in [4.69, 9.17) is 0 Å². The summed E-state index contributed by atoms with van der Waals surface area (Å²) in [7, 11) is 0. The summed E-state index contributed by atoms with van der Waals surface area (Å²) in [5.41, 5.74) is 2.58. The summed E-state index contributed by atoms with van der Waals surface area (Å²) in [6.45, 7) is 0. The number of imide groups is 1. The monoisotopic (exact) mass is 310 g/mol. The molecule has 0 atom stereocenters. The fourth-order valence-corrected chi connectivity index (χ4v) is 3.37. The number of aromatic amines is 1. The molecule has 0 bridgehead atoms. The van der Waals surface area contributed by atoms with Gasteiger partial charge in [0.2, 0.25) is 0 Å². The third kappa shape index (κ3) is 1.68. The van der Waals surface area contributed by atoms with Crippen LogP contribution in [-0.2, 0) is 9.59 Å². The highest BCUT2D eigenvalue weighted by Crippen LogP contribution is 2.38. The van der Waals surface area contributed by atoms with Crippen LogP contribution in [0.15, 0.2) is 47.3 Å². The summed E-state index contributed by atoms with van der Waals surface area (Å²) < 4.78 is 0. The van der Waals surface area contributed by atoms with E-state index in [-0.39, 0.29) is 16.2 Å². The smallest absolute Gasteiger partial charge is 0.286 e. The molecule has 2 amide bonds. The Morgan fingerprint density at radius 1 is 1.05 bits per heavy atom. The molecule has 0 unspecified atom stereocenters. The molecular weight excluding hydrogens is 300 g/mol. The van der Waals surface area contributed by atoms with Gasteiger partial charge >= 0.3 is 0 Å². The van der Waals surface area contributed by atoms with Gasteiger partial charge in [-0.3, -0.25) is 14.8 Å². The van der Waals surface area contributed by atoms with Crippen LogP contribution < -0.4 is 0 Å². The SMILES string of the molecule is O=C1C(c2ccsc2)=C(c2c[nH]c3ccccc23)C(=O)N1O. The quantitative estimate of drug-likeness (QED) is 0.564. The average Bonchev–Trinajstić information content (AvgIpc) is 3.23. The van der Waals surface area contributed by atoms with Crippen molar-refractivity contribution in [1.29, 1.82) is 0 Å². The van der Waals surface area contributed by atoms with E-state index in [0.717, 1.165) is 10.9 Å². The van der Waals surface area contributed by atoms with Gasteiger partial charge in [0, 0.05) is 22.7 Å². The molecule has 0 aliphatic carbocycles. The highest BCUT2D eigenvalue weighted by atomic mass is 32.1. The fraction of sp³-hybridized carbons (Fsp3) is 0. The van der Waals surface area contributed by atoms with Crippen molar-refractivity contribution in [2.75, 3.05) is 0 Å². The molecule has 0 radical (unpaired) electrons. The number of carbonyl (C=O) groups is 2.